The van der Waals surface area contributed by atoms with Crippen molar-refractivity contribution in [2.45, 2.75) is 12.8 Å². The molecule has 0 amide bonds. The second kappa shape index (κ2) is 3.08. The van der Waals surface area contributed by atoms with E-state index in [1.54, 1.807) is 0 Å². The number of hydrogen-bond donors (Lipinski definition) is 0. The Balaban J connectivity index is 2.88. The predicted octanol–water partition coefficient (Wildman–Crippen LogP) is 2.42. The highest BCUT2D eigenvalue weighted by atomic mass is 14.0. The maximum absolute atomic E-state index is 5.25. The van der Waals surface area contributed by atoms with Crippen molar-refractivity contribution in [1.82, 2.24) is 0 Å². The summed E-state index contributed by atoms with van der Waals surface area (Å²) >= 11 is 0. The van der Waals surface area contributed by atoms with Gasteiger partial charge in [0.25, 0.3) is 0 Å². The molecule has 0 radical (unpaired) electrons. The van der Waals surface area contributed by atoms with Crippen molar-refractivity contribution in [1.29, 1.82) is 0 Å². The summed E-state index contributed by atoms with van der Waals surface area (Å²) in [6.07, 6.45) is 5.25. The fourth-order valence-corrected chi connectivity index (χ4v) is 0.838. The second-order valence-electron chi connectivity index (χ2n) is 2.30. The molecule has 0 heterocycles. The predicted molar refractivity (Wildman–Crippen MR) is 43.7 cm³/mol. The zero-order valence-corrected chi connectivity index (χ0v) is 6.04. The van der Waals surface area contributed by atoms with Crippen LogP contribution in [0.25, 0.3) is 0 Å². The van der Waals surface area contributed by atoms with E-state index < -0.39 is 0 Å². The standard InChI is InChI=1S/C10H10/c1-3-9(2)10-7-5-4-6-8-10/h1,4-9H,2H3. The summed E-state index contributed by atoms with van der Waals surface area (Å²) < 4.78 is 0. The summed E-state index contributed by atoms with van der Waals surface area (Å²) in [5.41, 5.74) is 1.21. The summed E-state index contributed by atoms with van der Waals surface area (Å²) in [5, 5.41) is 0. The largest absolute Gasteiger partial charge is 0.119 e. The Morgan fingerprint density at radius 2 is 1.90 bits per heavy atom. The first-order valence-electron chi connectivity index (χ1n) is 3.35. The first kappa shape index (κ1) is 6.89. The highest BCUT2D eigenvalue weighted by Crippen LogP contribution is 2.11. The second-order valence-corrected chi connectivity index (χ2v) is 2.30. The van der Waals surface area contributed by atoms with Crippen molar-refractivity contribution in [2.24, 2.45) is 0 Å². The Morgan fingerprint density at radius 1 is 1.30 bits per heavy atom. The molecule has 1 unspecified atom stereocenters. The molecule has 0 nitrogen and oxygen atoms in total. The smallest absolute Gasteiger partial charge is 0.0421 e. The molecule has 0 aliphatic heterocycles. The van der Waals surface area contributed by atoms with Gasteiger partial charge in [0, 0.05) is 5.92 Å². The lowest BCUT2D eigenvalue weighted by atomic mass is 10.0. The lowest BCUT2D eigenvalue weighted by Gasteiger charge is -2.01. The molecule has 0 aliphatic carbocycles. The molecule has 0 aliphatic rings. The van der Waals surface area contributed by atoms with E-state index in [9.17, 15) is 0 Å². The van der Waals surface area contributed by atoms with E-state index in [1.165, 1.54) is 5.56 Å². The zero-order valence-electron chi connectivity index (χ0n) is 6.04. The topological polar surface area (TPSA) is 0 Å². The van der Waals surface area contributed by atoms with Crippen molar-refractivity contribution >= 4 is 0 Å². The van der Waals surface area contributed by atoms with E-state index in [4.69, 9.17) is 6.42 Å². The number of benzene rings is 1. The zero-order chi connectivity index (χ0) is 7.40. The lowest BCUT2D eigenvalue weighted by molar-refractivity contribution is 1.01. The van der Waals surface area contributed by atoms with Crippen LogP contribution in [0.2, 0.25) is 0 Å². The van der Waals surface area contributed by atoms with Crippen LogP contribution in [-0.4, -0.2) is 0 Å². The maximum Gasteiger partial charge on any atom is 0.0421 e. The minimum Gasteiger partial charge on any atom is -0.119 e. The van der Waals surface area contributed by atoms with Gasteiger partial charge in [0.15, 0.2) is 0 Å². The fraction of sp³-hybridized carbons (Fsp3) is 0.200. The number of terminal acetylenes is 1. The molecular weight excluding hydrogens is 120 g/mol. The molecule has 0 aromatic heterocycles. The molecule has 0 N–H and O–H groups in total. The third-order valence-electron chi connectivity index (χ3n) is 1.55. The molecule has 1 rings (SSSR count). The monoisotopic (exact) mass is 130 g/mol. The highest BCUT2D eigenvalue weighted by Gasteiger charge is 1.96. The minimum absolute atomic E-state index is 0.237. The normalized spacial score (nSPS) is 12.0. The van der Waals surface area contributed by atoms with Crippen LogP contribution in [0.5, 0.6) is 0 Å². The van der Waals surface area contributed by atoms with Gasteiger partial charge in [0.1, 0.15) is 0 Å². The van der Waals surface area contributed by atoms with Crippen LogP contribution in [0.15, 0.2) is 30.3 Å². The highest BCUT2D eigenvalue weighted by molar-refractivity contribution is 5.24. The molecule has 0 bridgehead atoms. The van der Waals surface area contributed by atoms with Crippen molar-refractivity contribution < 1.29 is 0 Å². The molecule has 1 atom stereocenters. The molecule has 0 heteroatoms. The quantitative estimate of drug-likeness (QED) is 0.512. The van der Waals surface area contributed by atoms with E-state index in [0.717, 1.165) is 0 Å². The van der Waals surface area contributed by atoms with Gasteiger partial charge in [-0.1, -0.05) is 36.3 Å². The van der Waals surface area contributed by atoms with Gasteiger partial charge in [0.2, 0.25) is 0 Å². The van der Waals surface area contributed by atoms with Crippen molar-refractivity contribution in [3.8, 4) is 12.3 Å². The van der Waals surface area contributed by atoms with Gasteiger partial charge in [-0.15, -0.1) is 6.42 Å². The summed E-state index contributed by atoms with van der Waals surface area (Å²) in [6, 6.07) is 10.1. The third-order valence-corrected chi connectivity index (χ3v) is 1.55. The van der Waals surface area contributed by atoms with E-state index >= 15 is 0 Å². The summed E-state index contributed by atoms with van der Waals surface area (Å²) in [6.45, 7) is 2.02. The van der Waals surface area contributed by atoms with E-state index in [-0.39, 0.29) is 5.92 Å². The molecule has 1 aromatic carbocycles. The first-order valence-corrected chi connectivity index (χ1v) is 3.35. The van der Waals surface area contributed by atoms with Crippen LogP contribution < -0.4 is 0 Å². The lowest BCUT2D eigenvalue weighted by Crippen LogP contribution is -1.86. The van der Waals surface area contributed by atoms with E-state index in [1.807, 2.05) is 37.3 Å². The average molecular weight is 130 g/mol. The summed E-state index contributed by atoms with van der Waals surface area (Å²) in [5.74, 6) is 2.92. The molecular formula is C10H10. The average Bonchev–Trinajstić information content (AvgIpc) is 2.05. The van der Waals surface area contributed by atoms with Gasteiger partial charge >= 0.3 is 0 Å². The van der Waals surface area contributed by atoms with Crippen LogP contribution >= 0.6 is 0 Å². The van der Waals surface area contributed by atoms with Gasteiger partial charge in [-0.2, -0.15) is 0 Å². The first-order chi connectivity index (χ1) is 4.84. The van der Waals surface area contributed by atoms with Gasteiger partial charge in [0.05, 0.1) is 0 Å². The molecule has 1 aromatic rings. The molecule has 0 saturated carbocycles. The Hall–Kier alpha value is -1.22. The Kier molecular flexibility index (Phi) is 2.12. The summed E-state index contributed by atoms with van der Waals surface area (Å²) in [7, 11) is 0. The SMILES string of the molecule is C#CC(C)c1ccccc1. The van der Waals surface area contributed by atoms with Crippen LogP contribution in [0, 0.1) is 12.3 Å². The number of rotatable bonds is 1. The van der Waals surface area contributed by atoms with Crippen molar-refractivity contribution in [2.75, 3.05) is 0 Å². The molecule has 0 spiro atoms. The molecule has 50 valence electrons. The van der Waals surface area contributed by atoms with Crippen molar-refractivity contribution in [3.63, 3.8) is 0 Å². The maximum atomic E-state index is 5.25. The van der Waals surface area contributed by atoms with Gasteiger partial charge in [-0.05, 0) is 12.5 Å². The van der Waals surface area contributed by atoms with Gasteiger partial charge in [-0.3, -0.25) is 0 Å². The molecule has 0 fully saturated rings. The van der Waals surface area contributed by atoms with Crippen LogP contribution in [-0.2, 0) is 0 Å². The van der Waals surface area contributed by atoms with E-state index in [2.05, 4.69) is 5.92 Å². The Morgan fingerprint density at radius 3 is 2.40 bits per heavy atom. The van der Waals surface area contributed by atoms with Crippen LogP contribution in [0.3, 0.4) is 0 Å². The molecule has 10 heavy (non-hydrogen) atoms. The van der Waals surface area contributed by atoms with Gasteiger partial charge < -0.3 is 0 Å². The summed E-state index contributed by atoms with van der Waals surface area (Å²) in [4.78, 5) is 0. The van der Waals surface area contributed by atoms with Crippen LogP contribution in [0.4, 0.5) is 0 Å². The number of hydrogen-bond acceptors (Lipinski definition) is 0. The van der Waals surface area contributed by atoms with Crippen molar-refractivity contribution in [3.05, 3.63) is 35.9 Å². The van der Waals surface area contributed by atoms with E-state index in [0.29, 0.717) is 0 Å². The van der Waals surface area contributed by atoms with Crippen LogP contribution in [0.1, 0.15) is 18.4 Å². The minimum atomic E-state index is 0.237. The van der Waals surface area contributed by atoms with Gasteiger partial charge in [-0.25, -0.2) is 0 Å². The third kappa shape index (κ3) is 1.39. The Labute approximate surface area is 61.9 Å². The fourth-order valence-electron chi connectivity index (χ4n) is 0.838. The Bertz CT molecular complexity index is 228. The molecule has 0 saturated heterocycles.